The Hall–Kier alpha value is -0.420. The van der Waals surface area contributed by atoms with E-state index in [-0.39, 0.29) is 12.6 Å². The Balaban J connectivity index is 3.82. The number of carbonyl (C=O) groups is 1. The van der Waals surface area contributed by atoms with Gasteiger partial charge in [-0.2, -0.15) is 11.8 Å². The molecule has 1 unspecified atom stereocenters. The van der Waals surface area contributed by atoms with Gasteiger partial charge in [-0.15, -0.1) is 0 Å². The van der Waals surface area contributed by atoms with E-state index in [0.29, 0.717) is 6.54 Å². The lowest BCUT2D eigenvalue weighted by molar-refractivity contribution is 0.163. The lowest BCUT2D eigenvalue weighted by atomic mass is 9.98. The first-order valence-corrected chi connectivity index (χ1v) is 7.13. The van der Waals surface area contributed by atoms with Gasteiger partial charge in [0.2, 0.25) is 0 Å². The molecule has 0 aromatic carbocycles. The van der Waals surface area contributed by atoms with Crippen LogP contribution in [0, 0.1) is 0 Å². The van der Waals surface area contributed by atoms with Crippen LogP contribution in [0.2, 0.25) is 0 Å². The van der Waals surface area contributed by atoms with Gasteiger partial charge in [0.15, 0.2) is 0 Å². The summed E-state index contributed by atoms with van der Waals surface area (Å²) >= 11 is 1.77. The third-order valence-corrected chi connectivity index (χ3v) is 3.07. The summed E-state index contributed by atoms with van der Waals surface area (Å²) in [5, 5.41) is 14.8. The number of hydrogen-bond acceptors (Lipinski definition) is 3. The number of carbonyl (C=O) groups excluding carboxylic acids is 1. The minimum atomic E-state index is -0.502. The van der Waals surface area contributed by atoms with E-state index < -0.39 is 5.54 Å². The van der Waals surface area contributed by atoms with Crippen molar-refractivity contribution in [3.63, 3.8) is 0 Å². The van der Waals surface area contributed by atoms with Crippen molar-refractivity contribution >= 4 is 17.8 Å². The van der Waals surface area contributed by atoms with E-state index in [1.807, 2.05) is 20.1 Å². The average molecular weight is 248 g/mol. The van der Waals surface area contributed by atoms with Crippen molar-refractivity contribution in [1.82, 2.24) is 10.6 Å². The summed E-state index contributed by atoms with van der Waals surface area (Å²) in [7, 11) is 0. The normalized spacial score (nSPS) is 14.2. The number of nitrogens with one attached hydrogen (secondary N) is 2. The fourth-order valence-electron chi connectivity index (χ4n) is 1.47. The molecule has 0 aliphatic heterocycles. The number of hydrogen-bond donors (Lipinski definition) is 3. The molecule has 2 amide bonds. The van der Waals surface area contributed by atoms with Crippen molar-refractivity contribution in [2.24, 2.45) is 0 Å². The van der Waals surface area contributed by atoms with E-state index in [9.17, 15) is 9.90 Å². The number of aliphatic hydroxyl groups excluding tert-OH is 1. The van der Waals surface area contributed by atoms with E-state index in [2.05, 4.69) is 10.6 Å². The summed E-state index contributed by atoms with van der Waals surface area (Å²) in [4.78, 5) is 11.5. The summed E-state index contributed by atoms with van der Waals surface area (Å²) in [5.74, 6) is 1.05. The number of rotatable bonds is 8. The highest BCUT2D eigenvalue weighted by Crippen LogP contribution is 2.10. The Bertz CT molecular complexity index is 202. The van der Waals surface area contributed by atoms with Gasteiger partial charge in [-0.1, -0.05) is 13.3 Å². The lowest BCUT2D eigenvalue weighted by Gasteiger charge is -2.28. The van der Waals surface area contributed by atoms with Crippen molar-refractivity contribution in [3.05, 3.63) is 0 Å². The van der Waals surface area contributed by atoms with Gasteiger partial charge < -0.3 is 15.7 Å². The number of amides is 2. The molecule has 0 aromatic heterocycles. The Morgan fingerprint density at radius 3 is 2.69 bits per heavy atom. The Morgan fingerprint density at radius 1 is 1.50 bits per heavy atom. The Morgan fingerprint density at radius 2 is 2.19 bits per heavy atom. The van der Waals surface area contributed by atoms with Gasteiger partial charge in [-0.3, -0.25) is 0 Å². The highest BCUT2D eigenvalue weighted by atomic mass is 32.2. The summed E-state index contributed by atoms with van der Waals surface area (Å²) in [5.41, 5.74) is -0.502. The fraction of sp³-hybridized carbons (Fsp3) is 0.909. The molecule has 1 atom stereocenters. The van der Waals surface area contributed by atoms with Crippen molar-refractivity contribution in [1.29, 1.82) is 0 Å². The highest BCUT2D eigenvalue weighted by molar-refractivity contribution is 7.98. The molecule has 0 heterocycles. The van der Waals surface area contributed by atoms with Crippen LogP contribution in [0.25, 0.3) is 0 Å². The maximum Gasteiger partial charge on any atom is 0.315 e. The van der Waals surface area contributed by atoms with Gasteiger partial charge in [-0.05, 0) is 31.8 Å². The van der Waals surface area contributed by atoms with E-state index in [4.69, 9.17) is 0 Å². The quantitative estimate of drug-likeness (QED) is 0.572. The summed E-state index contributed by atoms with van der Waals surface area (Å²) in [6.45, 7) is 4.54. The molecule has 0 saturated carbocycles. The monoisotopic (exact) mass is 248 g/mol. The van der Waals surface area contributed by atoms with Crippen LogP contribution in [0.5, 0.6) is 0 Å². The third-order valence-electron chi connectivity index (χ3n) is 2.38. The topological polar surface area (TPSA) is 61.4 Å². The highest BCUT2D eigenvalue weighted by Gasteiger charge is 2.23. The van der Waals surface area contributed by atoms with E-state index in [1.54, 1.807) is 11.8 Å². The zero-order valence-electron chi connectivity index (χ0n) is 10.5. The second kappa shape index (κ2) is 8.70. The van der Waals surface area contributed by atoms with Crippen LogP contribution in [0.15, 0.2) is 0 Å². The van der Waals surface area contributed by atoms with Crippen molar-refractivity contribution < 1.29 is 9.90 Å². The Kier molecular flexibility index (Phi) is 8.47. The maximum absolute atomic E-state index is 11.5. The number of thioether (sulfide) groups is 1. The van der Waals surface area contributed by atoms with Gasteiger partial charge in [0, 0.05) is 6.54 Å². The second-order valence-corrected chi connectivity index (χ2v) is 5.18. The van der Waals surface area contributed by atoms with Crippen molar-refractivity contribution in [3.8, 4) is 0 Å². The molecule has 5 heteroatoms. The minimum absolute atomic E-state index is 0.0287. The molecule has 3 N–H and O–H groups in total. The molecule has 0 aliphatic rings. The summed E-state index contributed by atoms with van der Waals surface area (Å²) in [6.07, 6.45) is 4.73. The van der Waals surface area contributed by atoms with Crippen LogP contribution >= 0.6 is 11.8 Å². The average Bonchev–Trinajstić information content (AvgIpc) is 2.25. The van der Waals surface area contributed by atoms with Gasteiger partial charge in [0.05, 0.1) is 12.1 Å². The smallest absolute Gasteiger partial charge is 0.315 e. The molecule has 0 radical (unpaired) electrons. The molecule has 96 valence electrons. The van der Waals surface area contributed by atoms with Crippen molar-refractivity contribution in [2.45, 2.75) is 38.6 Å². The van der Waals surface area contributed by atoms with Crippen LogP contribution in [0.4, 0.5) is 4.79 Å². The fourth-order valence-corrected chi connectivity index (χ4v) is 1.90. The first-order chi connectivity index (χ1) is 7.58. The second-order valence-electron chi connectivity index (χ2n) is 4.20. The number of aliphatic hydroxyl groups is 1. The zero-order valence-corrected chi connectivity index (χ0v) is 11.3. The standard InChI is InChI=1S/C11H24N2O2S/c1-4-6-11(2,9-14)13-10(15)12-7-5-8-16-3/h14H,4-9H2,1-3H3,(H2,12,13,15). The van der Waals surface area contributed by atoms with Crippen LogP contribution in [-0.4, -0.2) is 41.8 Å². The van der Waals surface area contributed by atoms with Crippen LogP contribution < -0.4 is 10.6 Å². The van der Waals surface area contributed by atoms with Crippen LogP contribution in [-0.2, 0) is 0 Å². The zero-order chi connectivity index (χ0) is 12.4. The molecule has 0 fully saturated rings. The van der Waals surface area contributed by atoms with Gasteiger partial charge in [-0.25, -0.2) is 4.79 Å². The number of urea groups is 1. The molecule has 4 nitrogen and oxygen atoms in total. The predicted octanol–water partition coefficient (Wildman–Crippen LogP) is 1.59. The molecule has 0 saturated heterocycles. The predicted molar refractivity (Wildman–Crippen MR) is 69.9 cm³/mol. The Labute approximate surface area is 103 Å². The lowest BCUT2D eigenvalue weighted by Crippen LogP contribution is -2.52. The minimum Gasteiger partial charge on any atom is -0.394 e. The van der Waals surface area contributed by atoms with Gasteiger partial charge in [0.25, 0.3) is 0 Å². The summed E-state index contributed by atoms with van der Waals surface area (Å²) in [6, 6.07) is -0.189. The van der Waals surface area contributed by atoms with E-state index in [1.165, 1.54) is 0 Å². The SMILES string of the molecule is CCCC(C)(CO)NC(=O)NCCCSC. The summed E-state index contributed by atoms with van der Waals surface area (Å²) < 4.78 is 0. The molecule has 0 aromatic rings. The molecular formula is C11H24N2O2S. The maximum atomic E-state index is 11.5. The molecule has 0 aliphatic carbocycles. The van der Waals surface area contributed by atoms with Gasteiger partial charge >= 0.3 is 6.03 Å². The van der Waals surface area contributed by atoms with Crippen LogP contribution in [0.1, 0.15) is 33.1 Å². The van der Waals surface area contributed by atoms with E-state index >= 15 is 0 Å². The largest absolute Gasteiger partial charge is 0.394 e. The van der Waals surface area contributed by atoms with E-state index in [0.717, 1.165) is 25.0 Å². The first-order valence-electron chi connectivity index (χ1n) is 5.74. The molecular weight excluding hydrogens is 224 g/mol. The third kappa shape index (κ3) is 6.95. The molecule has 0 bridgehead atoms. The van der Waals surface area contributed by atoms with Crippen molar-refractivity contribution in [2.75, 3.05) is 25.2 Å². The first kappa shape index (κ1) is 15.6. The molecule has 0 spiro atoms. The van der Waals surface area contributed by atoms with Gasteiger partial charge in [0.1, 0.15) is 0 Å². The molecule has 16 heavy (non-hydrogen) atoms. The molecule has 0 rings (SSSR count). The van der Waals surface area contributed by atoms with Crippen LogP contribution in [0.3, 0.4) is 0 Å².